The molecule has 0 radical (unpaired) electrons. The third kappa shape index (κ3) is 10.7. The molecule has 1 fully saturated rings. The highest BCUT2D eigenvalue weighted by molar-refractivity contribution is 4.76. The van der Waals surface area contributed by atoms with Crippen molar-refractivity contribution in [2.24, 2.45) is 5.92 Å². The van der Waals surface area contributed by atoms with Crippen LogP contribution in [-0.4, -0.2) is 12.6 Å². The van der Waals surface area contributed by atoms with Gasteiger partial charge in [0.1, 0.15) is 0 Å². The molecule has 0 aromatic heterocycles. The van der Waals surface area contributed by atoms with Crippen LogP contribution in [0.3, 0.4) is 0 Å². The smallest absolute Gasteiger partial charge is 0.00670 e. The molecule has 120 valence electrons. The second kappa shape index (κ2) is 12.7. The summed E-state index contributed by atoms with van der Waals surface area (Å²) in [5.74, 6) is 1.10. The Hall–Kier alpha value is -0.0400. The van der Waals surface area contributed by atoms with Crippen molar-refractivity contribution < 1.29 is 0 Å². The molecule has 1 aliphatic rings. The van der Waals surface area contributed by atoms with E-state index in [1.165, 1.54) is 89.9 Å². The third-order valence-electron chi connectivity index (χ3n) is 4.77. The van der Waals surface area contributed by atoms with E-state index in [0.717, 1.165) is 18.5 Å². The monoisotopic (exact) mass is 281 g/mol. The first-order chi connectivity index (χ1) is 9.86. The van der Waals surface area contributed by atoms with E-state index in [-0.39, 0.29) is 0 Å². The van der Waals surface area contributed by atoms with Crippen LogP contribution in [0.4, 0.5) is 0 Å². The van der Waals surface area contributed by atoms with E-state index in [0.29, 0.717) is 0 Å². The van der Waals surface area contributed by atoms with Gasteiger partial charge in [-0.3, -0.25) is 0 Å². The molecule has 1 aliphatic carbocycles. The lowest BCUT2D eigenvalue weighted by molar-refractivity contribution is 0.419. The summed E-state index contributed by atoms with van der Waals surface area (Å²) < 4.78 is 0. The molecule has 1 atom stereocenters. The molecular weight excluding hydrogens is 242 g/mol. The Morgan fingerprint density at radius 3 is 1.95 bits per heavy atom. The molecule has 1 unspecified atom stereocenters. The highest BCUT2D eigenvalue weighted by Crippen LogP contribution is 2.34. The molecular formula is C19H39N. The number of hydrogen-bond donors (Lipinski definition) is 1. The minimum absolute atomic E-state index is 0.810. The van der Waals surface area contributed by atoms with E-state index in [2.05, 4.69) is 19.2 Å². The Balaban J connectivity index is 1.86. The minimum Gasteiger partial charge on any atom is -0.314 e. The first kappa shape index (κ1) is 18.0. The zero-order chi connectivity index (χ0) is 14.5. The fraction of sp³-hybridized carbons (Fsp3) is 1.00. The minimum atomic E-state index is 0.810. The van der Waals surface area contributed by atoms with Crippen molar-refractivity contribution in [1.29, 1.82) is 0 Å². The van der Waals surface area contributed by atoms with Crippen molar-refractivity contribution in [1.82, 2.24) is 5.32 Å². The predicted molar refractivity (Wildman–Crippen MR) is 91.3 cm³/mol. The molecule has 20 heavy (non-hydrogen) atoms. The molecule has 0 aliphatic heterocycles. The molecule has 1 heteroatoms. The molecule has 0 saturated heterocycles. The van der Waals surface area contributed by atoms with Gasteiger partial charge in [0.2, 0.25) is 0 Å². The lowest BCUT2D eigenvalue weighted by Crippen LogP contribution is -2.28. The molecule has 1 saturated carbocycles. The highest BCUT2D eigenvalue weighted by Gasteiger charge is 2.22. The SMILES string of the molecule is CCCCCCCCCCCC(CCC1CC1)NCC. The van der Waals surface area contributed by atoms with Gasteiger partial charge in [-0.2, -0.15) is 0 Å². The Kier molecular flexibility index (Phi) is 11.4. The highest BCUT2D eigenvalue weighted by atomic mass is 14.9. The quantitative estimate of drug-likeness (QED) is 0.359. The van der Waals surface area contributed by atoms with Crippen molar-refractivity contribution in [3.63, 3.8) is 0 Å². The average molecular weight is 282 g/mol. The standard InChI is InChI=1S/C19H39N/c1-3-5-6-7-8-9-10-11-12-13-19(20-4-2)17-16-18-14-15-18/h18-20H,3-17H2,1-2H3. The number of nitrogens with one attached hydrogen (secondary N) is 1. The molecule has 0 heterocycles. The van der Waals surface area contributed by atoms with Crippen molar-refractivity contribution >= 4 is 0 Å². The van der Waals surface area contributed by atoms with E-state index in [1.54, 1.807) is 0 Å². The molecule has 1 N–H and O–H groups in total. The summed E-state index contributed by atoms with van der Waals surface area (Å²) in [6.07, 6.45) is 20.4. The zero-order valence-corrected chi connectivity index (χ0v) is 14.3. The molecule has 0 spiro atoms. The summed E-state index contributed by atoms with van der Waals surface area (Å²) >= 11 is 0. The maximum absolute atomic E-state index is 3.69. The van der Waals surface area contributed by atoms with E-state index >= 15 is 0 Å². The third-order valence-corrected chi connectivity index (χ3v) is 4.77. The molecule has 1 rings (SSSR count). The van der Waals surface area contributed by atoms with Gasteiger partial charge < -0.3 is 5.32 Å². The fourth-order valence-corrected chi connectivity index (χ4v) is 3.18. The van der Waals surface area contributed by atoms with Crippen LogP contribution in [0.5, 0.6) is 0 Å². The molecule has 0 aromatic carbocycles. The number of rotatable bonds is 15. The molecule has 0 amide bonds. The fourth-order valence-electron chi connectivity index (χ4n) is 3.18. The van der Waals surface area contributed by atoms with Crippen molar-refractivity contribution in [3.05, 3.63) is 0 Å². The van der Waals surface area contributed by atoms with Crippen LogP contribution >= 0.6 is 0 Å². The van der Waals surface area contributed by atoms with Crippen LogP contribution in [0.25, 0.3) is 0 Å². The maximum Gasteiger partial charge on any atom is 0.00670 e. The van der Waals surface area contributed by atoms with Gasteiger partial charge in [0.25, 0.3) is 0 Å². The van der Waals surface area contributed by atoms with Crippen molar-refractivity contribution in [2.45, 2.75) is 110 Å². The van der Waals surface area contributed by atoms with Crippen LogP contribution < -0.4 is 5.32 Å². The van der Waals surface area contributed by atoms with E-state index < -0.39 is 0 Å². The van der Waals surface area contributed by atoms with Gasteiger partial charge in [-0.1, -0.05) is 84.5 Å². The molecule has 1 nitrogen and oxygen atoms in total. The van der Waals surface area contributed by atoms with Crippen molar-refractivity contribution in [3.8, 4) is 0 Å². The van der Waals surface area contributed by atoms with Crippen LogP contribution in [0.2, 0.25) is 0 Å². The van der Waals surface area contributed by atoms with Gasteiger partial charge in [-0.25, -0.2) is 0 Å². The lowest BCUT2D eigenvalue weighted by Gasteiger charge is -2.17. The second-order valence-electron chi connectivity index (χ2n) is 6.89. The Bertz CT molecular complexity index is 198. The lowest BCUT2D eigenvalue weighted by atomic mass is 10.0. The largest absolute Gasteiger partial charge is 0.314 e. The topological polar surface area (TPSA) is 12.0 Å². The second-order valence-corrected chi connectivity index (χ2v) is 6.89. The summed E-state index contributed by atoms with van der Waals surface area (Å²) in [7, 11) is 0. The maximum atomic E-state index is 3.69. The van der Waals surface area contributed by atoms with E-state index in [1.807, 2.05) is 0 Å². The predicted octanol–water partition coefficient (Wildman–Crippen LogP) is 6.08. The van der Waals surface area contributed by atoms with E-state index in [4.69, 9.17) is 0 Å². The first-order valence-electron chi connectivity index (χ1n) is 9.60. The molecule has 0 aromatic rings. The normalized spacial score (nSPS) is 16.5. The van der Waals surface area contributed by atoms with Crippen LogP contribution in [0.15, 0.2) is 0 Å². The van der Waals surface area contributed by atoms with Crippen LogP contribution in [-0.2, 0) is 0 Å². The Morgan fingerprint density at radius 1 is 0.800 bits per heavy atom. The first-order valence-corrected chi connectivity index (χ1v) is 9.60. The van der Waals surface area contributed by atoms with Gasteiger partial charge in [-0.05, 0) is 31.7 Å². The summed E-state index contributed by atoms with van der Waals surface area (Å²) in [6.45, 7) is 5.69. The van der Waals surface area contributed by atoms with Crippen molar-refractivity contribution in [2.75, 3.05) is 6.54 Å². The Morgan fingerprint density at radius 2 is 1.40 bits per heavy atom. The zero-order valence-electron chi connectivity index (χ0n) is 14.3. The van der Waals surface area contributed by atoms with Gasteiger partial charge in [0.05, 0.1) is 0 Å². The summed E-state index contributed by atoms with van der Waals surface area (Å²) in [5, 5.41) is 3.69. The van der Waals surface area contributed by atoms with Gasteiger partial charge in [-0.15, -0.1) is 0 Å². The van der Waals surface area contributed by atoms with Crippen LogP contribution in [0.1, 0.15) is 104 Å². The van der Waals surface area contributed by atoms with Gasteiger partial charge >= 0.3 is 0 Å². The average Bonchev–Trinajstić information content (AvgIpc) is 3.27. The van der Waals surface area contributed by atoms with E-state index in [9.17, 15) is 0 Å². The van der Waals surface area contributed by atoms with Crippen LogP contribution in [0, 0.1) is 5.92 Å². The summed E-state index contributed by atoms with van der Waals surface area (Å²) in [5.41, 5.74) is 0. The Labute approximate surface area is 128 Å². The van der Waals surface area contributed by atoms with Gasteiger partial charge in [0.15, 0.2) is 0 Å². The molecule has 0 bridgehead atoms. The number of unbranched alkanes of at least 4 members (excludes halogenated alkanes) is 8. The van der Waals surface area contributed by atoms with Gasteiger partial charge in [0, 0.05) is 6.04 Å². The summed E-state index contributed by atoms with van der Waals surface area (Å²) in [6, 6.07) is 0.810. The summed E-state index contributed by atoms with van der Waals surface area (Å²) in [4.78, 5) is 0. The number of hydrogen-bond acceptors (Lipinski definition) is 1.